The molecule has 0 atom stereocenters. The largest absolute Gasteiger partial charge is 0.293 e. The van der Waals surface area contributed by atoms with E-state index < -0.39 is 0 Å². The maximum absolute atomic E-state index is 4.11. The maximum atomic E-state index is 4.11. The molecule has 0 radical (unpaired) electrons. The molecule has 0 bridgehead atoms. The molecule has 0 N–H and O–H groups in total. The van der Waals surface area contributed by atoms with E-state index in [0.717, 1.165) is 11.3 Å². The monoisotopic (exact) mass is 159 g/mol. The Kier molecular flexibility index (Phi) is 2.81. The minimum Gasteiger partial charge on any atom is -0.293 e. The number of nitrogens with zero attached hydrogens (tertiary/aromatic N) is 1. The van der Waals surface area contributed by atoms with Crippen LogP contribution in [-0.4, -0.2) is 12.8 Å². The SMILES string of the molecule is C=Cc1ccc(C(C)=NC)cc1. The van der Waals surface area contributed by atoms with Crippen molar-refractivity contribution in [2.75, 3.05) is 7.05 Å². The van der Waals surface area contributed by atoms with Gasteiger partial charge in [-0.3, -0.25) is 4.99 Å². The molecule has 12 heavy (non-hydrogen) atoms. The summed E-state index contributed by atoms with van der Waals surface area (Å²) < 4.78 is 0. The summed E-state index contributed by atoms with van der Waals surface area (Å²) in [4.78, 5) is 4.11. The van der Waals surface area contributed by atoms with Gasteiger partial charge in [0.25, 0.3) is 0 Å². The molecule has 0 aromatic heterocycles. The van der Waals surface area contributed by atoms with Crippen LogP contribution in [-0.2, 0) is 0 Å². The molecule has 0 saturated carbocycles. The molecule has 0 aliphatic rings. The van der Waals surface area contributed by atoms with Gasteiger partial charge >= 0.3 is 0 Å². The van der Waals surface area contributed by atoms with Crippen molar-refractivity contribution in [3.63, 3.8) is 0 Å². The summed E-state index contributed by atoms with van der Waals surface area (Å²) in [5.74, 6) is 0. The normalized spacial score (nSPS) is 11.3. The highest BCUT2D eigenvalue weighted by molar-refractivity contribution is 5.98. The van der Waals surface area contributed by atoms with Crippen LogP contribution >= 0.6 is 0 Å². The smallest absolute Gasteiger partial charge is 0.0386 e. The van der Waals surface area contributed by atoms with Crippen molar-refractivity contribution < 1.29 is 0 Å². The average molecular weight is 159 g/mol. The van der Waals surface area contributed by atoms with E-state index in [2.05, 4.69) is 23.7 Å². The quantitative estimate of drug-likeness (QED) is 0.588. The lowest BCUT2D eigenvalue weighted by Gasteiger charge is -1.99. The van der Waals surface area contributed by atoms with E-state index in [1.165, 1.54) is 5.56 Å². The minimum atomic E-state index is 1.06. The predicted molar refractivity (Wildman–Crippen MR) is 54.7 cm³/mol. The molecule has 1 heteroatoms. The molecule has 0 aliphatic carbocycles. The minimum absolute atomic E-state index is 1.06. The predicted octanol–water partition coefficient (Wildman–Crippen LogP) is 2.77. The van der Waals surface area contributed by atoms with Gasteiger partial charge in [-0.1, -0.05) is 36.9 Å². The average Bonchev–Trinajstić information content (AvgIpc) is 2.17. The molecule has 0 amide bonds. The van der Waals surface area contributed by atoms with E-state index in [1.807, 2.05) is 25.1 Å². The van der Waals surface area contributed by atoms with Crippen LogP contribution in [0.3, 0.4) is 0 Å². The molecule has 0 saturated heterocycles. The van der Waals surface area contributed by atoms with Gasteiger partial charge < -0.3 is 0 Å². The lowest BCUT2D eigenvalue weighted by molar-refractivity contribution is 1.41. The second-order valence-corrected chi connectivity index (χ2v) is 2.64. The Hall–Kier alpha value is -1.37. The van der Waals surface area contributed by atoms with Crippen molar-refractivity contribution in [3.8, 4) is 0 Å². The van der Waals surface area contributed by atoms with E-state index in [9.17, 15) is 0 Å². The zero-order chi connectivity index (χ0) is 8.97. The summed E-state index contributed by atoms with van der Waals surface area (Å²) in [5, 5.41) is 0. The zero-order valence-electron chi connectivity index (χ0n) is 7.54. The number of hydrogen-bond donors (Lipinski definition) is 0. The second kappa shape index (κ2) is 3.86. The highest BCUT2D eigenvalue weighted by Crippen LogP contribution is 2.06. The van der Waals surface area contributed by atoms with E-state index >= 15 is 0 Å². The van der Waals surface area contributed by atoms with E-state index in [0.29, 0.717) is 0 Å². The molecule has 1 aromatic rings. The second-order valence-electron chi connectivity index (χ2n) is 2.64. The van der Waals surface area contributed by atoms with Crippen molar-refractivity contribution >= 4 is 11.8 Å². The third-order valence-electron chi connectivity index (χ3n) is 1.90. The molecular formula is C11H13N. The van der Waals surface area contributed by atoms with Gasteiger partial charge in [0.2, 0.25) is 0 Å². The van der Waals surface area contributed by atoms with E-state index in [1.54, 1.807) is 7.05 Å². The molecule has 0 spiro atoms. The first-order chi connectivity index (χ1) is 5.77. The fraction of sp³-hybridized carbons (Fsp3) is 0.182. The van der Waals surface area contributed by atoms with Gasteiger partial charge in [-0.15, -0.1) is 0 Å². The Morgan fingerprint density at radius 1 is 1.33 bits per heavy atom. The lowest BCUT2D eigenvalue weighted by atomic mass is 10.1. The van der Waals surface area contributed by atoms with Crippen molar-refractivity contribution in [1.29, 1.82) is 0 Å². The zero-order valence-corrected chi connectivity index (χ0v) is 7.54. The van der Waals surface area contributed by atoms with Crippen LogP contribution in [0.1, 0.15) is 18.1 Å². The number of rotatable bonds is 2. The van der Waals surface area contributed by atoms with Crippen molar-refractivity contribution in [2.24, 2.45) is 4.99 Å². The summed E-state index contributed by atoms with van der Waals surface area (Å²) >= 11 is 0. The Bertz CT molecular complexity index is 293. The third kappa shape index (κ3) is 1.82. The fourth-order valence-corrected chi connectivity index (χ4v) is 0.990. The Morgan fingerprint density at radius 3 is 2.33 bits per heavy atom. The number of hydrogen-bond acceptors (Lipinski definition) is 1. The molecule has 1 aromatic carbocycles. The highest BCUT2D eigenvalue weighted by Gasteiger charge is 1.93. The van der Waals surface area contributed by atoms with Gasteiger partial charge in [-0.25, -0.2) is 0 Å². The van der Waals surface area contributed by atoms with Crippen molar-refractivity contribution in [1.82, 2.24) is 0 Å². The lowest BCUT2D eigenvalue weighted by Crippen LogP contribution is -1.92. The summed E-state index contributed by atoms with van der Waals surface area (Å²) in [7, 11) is 1.80. The molecule has 0 unspecified atom stereocenters. The summed E-state index contributed by atoms with van der Waals surface area (Å²) in [6.45, 7) is 5.70. The highest BCUT2D eigenvalue weighted by atomic mass is 14.7. The van der Waals surface area contributed by atoms with Crippen molar-refractivity contribution in [3.05, 3.63) is 42.0 Å². The van der Waals surface area contributed by atoms with Crippen LogP contribution in [0.15, 0.2) is 35.8 Å². The summed E-state index contributed by atoms with van der Waals surface area (Å²) in [5.41, 5.74) is 3.37. The number of aliphatic imine (C=N–C) groups is 1. The molecule has 62 valence electrons. The Labute approximate surface area is 73.5 Å². The Balaban J connectivity index is 2.99. The van der Waals surface area contributed by atoms with Crippen LogP contribution in [0.2, 0.25) is 0 Å². The van der Waals surface area contributed by atoms with Gasteiger partial charge in [0.1, 0.15) is 0 Å². The van der Waals surface area contributed by atoms with Crippen molar-refractivity contribution in [2.45, 2.75) is 6.92 Å². The standard InChI is InChI=1S/C11H13N/c1-4-10-5-7-11(8-6-10)9(2)12-3/h4-8H,1H2,2-3H3. The van der Waals surface area contributed by atoms with Crippen LogP contribution in [0.25, 0.3) is 6.08 Å². The molecule has 0 aliphatic heterocycles. The first-order valence-corrected chi connectivity index (χ1v) is 3.94. The molecule has 0 heterocycles. The first-order valence-electron chi connectivity index (χ1n) is 3.94. The van der Waals surface area contributed by atoms with Gasteiger partial charge in [0.05, 0.1) is 0 Å². The fourth-order valence-electron chi connectivity index (χ4n) is 0.990. The van der Waals surface area contributed by atoms with Crippen LogP contribution in [0, 0.1) is 0 Å². The van der Waals surface area contributed by atoms with Gasteiger partial charge in [-0.05, 0) is 18.1 Å². The maximum Gasteiger partial charge on any atom is 0.0386 e. The molecule has 1 nitrogen and oxygen atoms in total. The molecular weight excluding hydrogens is 146 g/mol. The van der Waals surface area contributed by atoms with Crippen LogP contribution in [0.5, 0.6) is 0 Å². The third-order valence-corrected chi connectivity index (χ3v) is 1.90. The molecule has 1 rings (SSSR count). The van der Waals surface area contributed by atoms with Gasteiger partial charge in [-0.2, -0.15) is 0 Å². The topological polar surface area (TPSA) is 12.4 Å². The summed E-state index contributed by atoms with van der Waals surface area (Å²) in [6.07, 6.45) is 1.84. The first kappa shape index (κ1) is 8.72. The molecule has 0 fully saturated rings. The van der Waals surface area contributed by atoms with Gasteiger partial charge in [0, 0.05) is 12.8 Å². The number of benzene rings is 1. The Morgan fingerprint density at radius 2 is 1.92 bits per heavy atom. The summed E-state index contributed by atoms with van der Waals surface area (Å²) in [6, 6.07) is 8.19. The van der Waals surface area contributed by atoms with E-state index in [4.69, 9.17) is 0 Å². The van der Waals surface area contributed by atoms with Crippen LogP contribution < -0.4 is 0 Å². The van der Waals surface area contributed by atoms with Gasteiger partial charge in [0.15, 0.2) is 0 Å². The van der Waals surface area contributed by atoms with Crippen LogP contribution in [0.4, 0.5) is 0 Å². The van der Waals surface area contributed by atoms with E-state index in [-0.39, 0.29) is 0 Å².